The Bertz CT molecular complexity index is 15.5. The van der Waals surface area contributed by atoms with E-state index in [0.29, 0.717) is 0 Å². The summed E-state index contributed by atoms with van der Waals surface area (Å²) in [5, 5.41) is 0. The van der Waals surface area contributed by atoms with Crippen molar-refractivity contribution in [3.63, 3.8) is 0 Å². The van der Waals surface area contributed by atoms with Gasteiger partial charge >= 0.3 is 65.0 Å². The van der Waals surface area contributed by atoms with Gasteiger partial charge in [-0.3, -0.25) is 0 Å². The first kappa shape index (κ1) is 33.6. The van der Waals surface area contributed by atoms with E-state index >= 15 is 0 Å². The van der Waals surface area contributed by atoms with Gasteiger partial charge in [-0.25, -0.2) is 0 Å². The van der Waals surface area contributed by atoms with Crippen molar-refractivity contribution in [1.29, 1.82) is 0 Å². The zero-order chi connectivity index (χ0) is 2.00. The van der Waals surface area contributed by atoms with Crippen molar-refractivity contribution in [1.82, 2.24) is 0 Å². The van der Waals surface area contributed by atoms with Gasteiger partial charge in [-0.05, 0) is 7.05 Å². The van der Waals surface area contributed by atoms with Crippen LogP contribution in [0, 0.1) is 0 Å². The predicted octanol–water partition coefficient (Wildman–Crippen LogP) is -1.64. The van der Waals surface area contributed by atoms with Crippen molar-refractivity contribution in [2.45, 2.75) is 0 Å². The molecule has 0 heterocycles. The molecule has 5 heteroatoms. The second kappa shape index (κ2) is 38.4. The van der Waals surface area contributed by atoms with Crippen LogP contribution in [0.15, 0.2) is 0 Å². The molecule has 0 aromatic heterocycles. The van der Waals surface area contributed by atoms with Crippen LogP contribution in [-0.2, 0) is 21.7 Å². The Morgan fingerprint density at radius 1 is 1.17 bits per heavy atom. The molecule has 0 atom stereocenters. The fourth-order valence-electron chi connectivity index (χ4n) is 0. The van der Waals surface area contributed by atoms with Crippen molar-refractivity contribution >= 4 is 89.0 Å². The summed E-state index contributed by atoms with van der Waals surface area (Å²) in [5.41, 5.74) is 4.50. The van der Waals surface area contributed by atoms with E-state index in [1.54, 1.807) is 0 Å². The summed E-state index contributed by atoms with van der Waals surface area (Å²) < 4.78 is 0. The molecular weight excluding hydrogens is 448 g/mol. The third-order valence-corrected chi connectivity index (χ3v) is 0. The van der Waals surface area contributed by atoms with Gasteiger partial charge in [0, 0.05) is 21.7 Å². The van der Waals surface area contributed by atoms with E-state index in [2.05, 4.69) is 5.73 Å². The summed E-state index contributed by atoms with van der Waals surface area (Å²) in [6.45, 7) is 0. The summed E-state index contributed by atoms with van der Waals surface area (Å²) >= 11 is 0. The van der Waals surface area contributed by atoms with Gasteiger partial charge in [-0.15, -0.1) is 24.0 Å². The molecule has 0 bridgehead atoms. The maximum Gasteiger partial charge on any atom is 0 e. The number of rotatable bonds is 0. The Hall–Kier alpha value is 3.59. The fourth-order valence-corrected chi connectivity index (χ4v) is 0. The molecule has 0 spiro atoms. The average molecular weight is 458 g/mol. The van der Waals surface area contributed by atoms with Crippen LogP contribution in [-0.4, -0.2) is 72.1 Å². The fraction of sp³-hybridized carbons (Fsp3) is 1.00. The van der Waals surface area contributed by atoms with E-state index in [1.165, 1.54) is 7.05 Å². The molecule has 0 saturated heterocycles. The van der Waals surface area contributed by atoms with E-state index in [4.69, 9.17) is 0 Å². The largest absolute Gasteiger partial charge is 0 e. The van der Waals surface area contributed by atoms with Gasteiger partial charge in [-0.1, -0.05) is 0 Å². The summed E-state index contributed by atoms with van der Waals surface area (Å²) in [6.07, 6.45) is 0. The Kier molecular flexibility index (Phi) is 215. The van der Waals surface area contributed by atoms with Crippen LogP contribution in [0.2, 0.25) is 0 Å². The molecule has 36 valence electrons. The average Bonchev–Trinajstić information content (AvgIpc) is 1.00. The maximum absolute atomic E-state index is 4.50. The second-order valence-corrected chi connectivity index (χ2v) is 0. The third kappa shape index (κ3) is 25.6. The summed E-state index contributed by atoms with van der Waals surface area (Å²) in [5.74, 6) is 0. The van der Waals surface area contributed by atoms with E-state index in [0.717, 1.165) is 0 Å². The Morgan fingerprint density at radius 3 is 1.17 bits per heavy atom. The smallest absolute Gasteiger partial charge is 0 e. The van der Waals surface area contributed by atoms with Crippen LogP contribution in [0.3, 0.4) is 0 Å². The van der Waals surface area contributed by atoms with Crippen molar-refractivity contribution in [3.8, 4) is 0 Å². The molecule has 0 amide bonds. The van der Waals surface area contributed by atoms with Crippen molar-refractivity contribution < 1.29 is 21.7 Å². The molecule has 0 aromatic carbocycles. The van der Waals surface area contributed by atoms with E-state index < -0.39 is 0 Å². The van der Waals surface area contributed by atoms with Gasteiger partial charge in [0.25, 0.3) is 0 Å². The predicted molar refractivity (Wildman–Crippen MR) is 42.6 cm³/mol. The van der Waals surface area contributed by atoms with Gasteiger partial charge in [-0.2, -0.15) is 0 Å². The molecule has 2 radical (unpaired) electrons. The molecule has 6 heavy (non-hydrogen) atoms. The summed E-state index contributed by atoms with van der Waals surface area (Å²) in [7, 11) is 1.50. The van der Waals surface area contributed by atoms with E-state index in [9.17, 15) is 0 Å². The van der Waals surface area contributed by atoms with Gasteiger partial charge < -0.3 is 5.73 Å². The van der Waals surface area contributed by atoms with Crippen LogP contribution in [0.5, 0.6) is 0 Å². The third-order valence-electron chi connectivity index (χ3n) is 0. The Morgan fingerprint density at radius 2 is 1.17 bits per heavy atom. The molecule has 0 aliphatic heterocycles. The molecule has 0 aliphatic rings. The number of hydrogen-bond donors (Lipinski definition) is 1. The van der Waals surface area contributed by atoms with Crippen LogP contribution < -0.4 is 5.73 Å². The number of nitrogens with two attached hydrogens (primary N) is 1. The van der Waals surface area contributed by atoms with Crippen LogP contribution >= 0.6 is 24.0 Å². The van der Waals surface area contributed by atoms with Gasteiger partial charge in [0.2, 0.25) is 0 Å². The number of hydrogen-bond acceptors (Lipinski definition) is 1. The van der Waals surface area contributed by atoms with E-state index in [-0.39, 0.29) is 111 Å². The maximum atomic E-state index is 4.50. The first-order valence-corrected chi connectivity index (χ1v) is 0.577. The Balaban J connectivity index is -0.000000000833. The zero-order valence-corrected chi connectivity index (χ0v) is 12.6. The minimum atomic E-state index is 0. The normalized spacial score (nSPS) is 1.00. The van der Waals surface area contributed by atoms with Crippen molar-refractivity contribution in [3.05, 3.63) is 0 Å². The Labute approximate surface area is 121 Å². The second-order valence-electron chi connectivity index (χ2n) is 0. The quantitative estimate of drug-likeness (QED) is 0.342. The van der Waals surface area contributed by atoms with Gasteiger partial charge in [0.1, 0.15) is 0 Å². The van der Waals surface area contributed by atoms with Crippen LogP contribution in [0.1, 0.15) is 0 Å². The van der Waals surface area contributed by atoms with Crippen LogP contribution in [0.4, 0.5) is 0 Å². The molecule has 0 fully saturated rings. The number of halogens is 1. The topological polar surface area (TPSA) is 26.0 Å². The van der Waals surface area contributed by atoms with E-state index in [1.807, 2.05) is 0 Å². The monoisotopic (exact) mass is 459 g/mol. The zero-order valence-electron chi connectivity index (χ0n) is 3.19. The SMILES string of the molecule is CN.I.[CaH2].[PbH2].[Ti]. The summed E-state index contributed by atoms with van der Waals surface area (Å²) in [6, 6.07) is 0. The molecule has 0 saturated carbocycles. The molecule has 2 N–H and O–H groups in total. The van der Waals surface area contributed by atoms with Gasteiger partial charge in [0.15, 0.2) is 0 Å². The van der Waals surface area contributed by atoms with Gasteiger partial charge in [0.05, 0.1) is 0 Å². The van der Waals surface area contributed by atoms with Crippen molar-refractivity contribution in [2.24, 2.45) is 5.73 Å². The first-order valence-electron chi connectivity index (χ1n) is 0.577. The molecule has 0 unspecified atom stereocenters. The molecule has 0 rings (SSSR count). The summed E-state index contributed by atoms with van der Waals surface area (Å²) in [4.78, 5) is 0. The molecule has 0 aliphatic carbocycles. The molecular formula is CH10CaINPbTi. The minimum absolute atomic E-state index is 0. The minimum Gasteiger partial charge on any atom is 0 e. The van der Waals surface area contributed by atoms with Crippen LogP contribution in [0.25, 0.3) is 0 Å². The standard InChI is InChI=1S/CH5N.Ca.HI.Pb.Ti.4H/c1-2;;;;;;;;/h2H2,1H3;;1H;;;;;;. The van der Waals surface area contributed by atoms with Crippen molar-refractivity contribution in [2.75, 3.05) is 7.05 Å². The molecule has 0 aromatic rings. The first-order chi connectivity index (χ1) is 1.00. The molecule has 1 nitrogen and oxygen atoms in total.